The number of anilines is 1. The number of carbonyl (C=O) groups excluding carboxylic acids is 1. The maximum absolute atomic E-state index is 12.6. The molecule has 1 heterocycles. The Hall–Kier alpha value is -3.53. The van der Waals surface area contributed by atoms with Gasteiger partial charge in [-0.2, -0.15) is 5.10 Å². The number of sulfone groups is 1. The van der Waals surface area contributed by atoms with Gasteiger partial charge < -0.3 is 5.32 Å². The van der Waals surface area contributed by atoms with E-state index in [0.29, 0.717) is 17.2 Å². The van der Waals surface area contributed by atoms with Crippen LogP contribution in [-0.2, 0) is 9.84 Å². The van der Waals surface area contributed by atoms with E-state index in [2.05, 4.69) is 10.4 Å². The van der Waals surface area contributed by atoms with Crippen LogP contribution in [0, 0.1) is 17.0 Å². The van der Waals surface area contributed by atoms with Gasteiger partial charge in [-0.25, -0.2) is 13.1 Å². The lowest BCUT2D eigenvalue weighted by Gasteiger charge is -2.09. The highest BCUT2D eigenvalue weighted by Gasteiger charge is 2.16. The molecule has 3 aromatic rings. The third-order valence-corrected chi connectivity index (χ3v) is 5.98. The summed E-state index contributed by atoms with van der Waals surface area (Å²) in [6, 6.07) is 13.1. The molecule has 0 aliphatic rings. The van der Waals surface area contributed by atoms with Gasteiger partial charge in [0, 0.05) is 23.8 Å². The summed E-state index contributed by atoms with van der Waals surface area (Å²) in [6.07, 6.45) is 0. The predicted octanol–water partition coefficient (Wildman–Crippen LogP) is 3.13. The standard InChI is InChI=1S/C19H18N4O5S/c1-3-29(27,28)17-10-4-14(5-11-17)19(24)20-18-12-13(2)21-22(18)15-6-8-16(9-7-15)23(25)26/h4-12H,3H2,1-2H3,(H,20,24). The molecule has 0 radical (unpaired) electrons. The molecule has 0 aliphatic heterocycles. The molecule has 0 unspecified atom stereocenters. The second-order valence-electron chi connectivity index (χ2n) is 6.24. The van der Waals surface area contributed by atoms with E-state index in [1.807, 2.05) is 0 Å². The largest absolute Gasteiger partial charge is 0.306 e. The van der Waals surface area contributed by atoms with E-state index in [-0.39, 0.29) is 21.9 Å². The Balaban J connectivity index is 1.85. The molecule has 10 heteroatoms. The molecule has 1 amide bonds. The van der Waals surface area contributed by atoms with Crippen LogP contribution < -0.4 is 5.32 Å². The van der Waals surface area contributed by atoms with Crippen LogP contribution in [0.1, 0.15) is 23.0 Å². The highest BCUT2D eigenvalue weighted by molar-refractivity contribution is 7.91. The molecule has 0 fully saturated rings. The molecule has 3 rings (SSSR count). The number of nitro benzene ring substituents is 1. The molecule has 1 aromatic heterocycles. The second kappa shape index (κ2) is 7.84. The van der Waals surface area contributed by atoms with Gasteiger partial charge in [-0.05, 0) is 43.3 Å². The Morgan fingerprint density at radius 1 is 1.14 bits per heavy atom. The Morgan fingerprint density at radius 2 is 1.76 bits per heavy atom. The maximum Gasteiger partial charge on any atom is 0.269 e. The van der Waals surface area contributed by atoms with Crippen molar-refractivity contribution < 1.29 is 18.1 Å². The number of carbonyl (C=O) groups is 1. The van der Waals surface area contributed by atoms with Crippen molar-refractivity contribution in [2.45, 2.75) is 18.7 Å². The van der Waals surface area contributed by atoms with E-state index in [1.165, 1.54) is 53.2 Å². The number of nitro groups is 1. The zero-order valence-corrected chi connectivity index (χ0v) is 16.5. The summed E-state index contributed by atoms with van der Waals surface area (Å²) in [4.78, 5) is 23.1. The van der Waals surface area contributed by atoms with Gasteiger partial charge in [0.25, 0.3) is 11.6 Å². The number of amides is 1. The molecule has 0 spiro atoms. The summed E-state index contributed by atoms with van der Waals surface area (Å²) in [5.74, 6) is -0.0770. The van der Waals surface area contributed by atoms with Gasteiger partial charge in [0.1, 0.15) is 5.82 Å². The summed E-state index contributed by atoms with van der Waals surface area (Å²) < 4.78 is 25.2. The summed E-state index contributed by atoms with van der Waals surface area (Å²) in [6.45, 7) is 3.31. The van der Waals surface area contributed by atoms with Crippen molar-refractivity contribution in [1.29, 1.82) is 0 Å². The van der Waals surface area contributed by atoms with Crippen LogP contribution in [0.25, 0.3) is 5.69 Å². The van der Waals surface area contributed by atoms with Crippen LogP contribution in [0.5, 0.6) is 0 Å². The van der Waals surface area contributed by atoms with Gasteiger partial charge in [0.2, 0.25) is 0 Å². The van der Waals surface area contributed by atoms with Crippen LogP contribution >= 0.6 is 0 Å². The van der Waals surface area contributed by atoms with E-state index in [9.17, 15) is 23.3 Å². The molecule has 0 aliphatic carbocycles. The van der Waals surface area contributed by atoms with E-state index in [4.69, 9.17) is 0 Å². The van der Waals surface area contributed by atoms with Crippen molar-refractivity contribution in [3.05, 3.63) is 76.0 Å². The molecule has 0 atom stereocenters. The summed E-state index contributed by atoms with van der Waals surface area (Å²) >= 11 is 0. The Kier molecular flexibility index (Phi) is 5.46. The average molecular weight is 414 g/mol. The molecular formula is C19H18N4O5S. The van der Waals surface area contributed by atoms with E-state index in [0.717, 1.165) is 0 Å². The normalized spacial score (nSPS) is 11.2. The minimum atomic E-state index is -3.34. The van der Waals surface area contributed by atoms with Crippen LogP contribution in [0.2, 0.25) is 0 Å². The molecule has 0 saturated heterocycles. The average Bonchev–Trinajstić information content (AvgIpc) is 3.08. The minimum absolute atomic E-state index is 0.0216. The van der Waals surface area contributed by atoms with Crippen molar-refractivity contribution in [2.75, 3.05) is 11.1 Å². The number of nitrogens with zero attached hydrogens (tertiary/aromatic N) is 3. The van der Waals surface area contributed by atoms with Crippen molar-refractivity contribution in [2.24, 2.45) is 0 Å². The number of benzene rings is 2. The smallest absolute Gasteiger partial charge is 0.269 e. The van der Waals surface area contributed by atoms with E-state index < -0.39 is 20.7 Å². The van der Waals surface area contributed by atoms with E-state index in [1.54, 1.807) is 19.9 Å². The van der Waals surface area contributed by atoms with Gasteiger partial charge >= 0.3 is 0 Å². The first-order chi connectivity index (χ1) is 13.7. The first kappa shape index (κ1) is 20.2. The Morgan fingerprint density at radius 3 is 2.31 bits per heavy atom. The fraction of sp³-hybridized carbons (Fsp3) is 0.158. The lowest BCUT2D eigenvalue weighted by molar-refractivity contribution is -0.384. The Labute approximate surface area is 167 Å². The Bertz CT molecular complexity index is 1170. The minimum Gasteiger partial charge on any atom is -0.306 e. The maximum atomic E-state index is 12.6. The van der Waals surface area contributed by atoms with E-state index >= 15 is 0 Å². The highest BCUT2D eigenvalue weighted by atomic mass is 32.2. The number of aryl methyl sites for hydroxylation is 1. The SMILES string of the molecule is CCS(=O)(=O)c1ccc(C(=O)Nc2cc(C)nn2-c2ccc([N+](=O)[O-])cc2)cc1. The highest BCUT2D eigenvalue weighted by Crippen LogP contribution is 2.21. The quantitative estimate of drug-likeness (QED) is 0.488. The number of nitrogens with one attached hydrogen (secondary N) is 1. The lowest BCUT2D eigenvalue weighted by Crippen LogP contribution is -2.15. The summed E-state index contributed by atoms with van der Waals surface area (Å²) in [7, 11) is -3.34. The number of hydrogen-bond acceptors (Lipinski definition) is 6. The molecule has 150 valence electrons. The van der Waals surface area contributed by atoms with Crippen molar-refractivity contribution in [3.63, 3.8) is 0 Å². The van der Waals surface area contributed by atoms with Crippen molar-refractivity contribution >= 4 is 27.2 Å². The molecule has 29 heavy (non-hydrogen) atoms. The number of non-ortho nitro benzene ring substituents is 1. The number of rotatable bonds is 6. The fourth-order valence-corrected chi connectivity index (χ4v) is 3.55. The van der Waals surface area contributed by atoms with Crippen LogP contribution in [0.3, 0.4) is 0 Å². The molecule has 1 N–H and O–H groups in total. The third kappa shape index (κ3) is 4.32. The molecule has 0 bridgehead atoms. The van der Waals surface area contributed by atoms with Gasteiger partial charge in [0.15, 0.2) is 9.84 Å². The molecule has 0 saturated carbocycles. The fourth-order valence-electron chi connectivity index (χ4n) is 2.67. The van der Waals surface area contributed by atoms with Gasteiger partial charge in [-0.3, -0.25) is 14.9 Å². The number of aromatic nitrogens is 2. The molecule has 9 nitrogen and oxygen atoms in total. The van der Waals surface area contributed by atoms with Crippen LogP contribution in [-0.4, -0.2) is 34.8 Å². The lowest BCUT2D eigenvalue weighted by atomic mass is 10.2. The van der Waals surface area contributed by atoms with Crippen LogP contribution in [0.15, 0.2) is 59.5 Å². The number of hydrogen-bond donors (Lipinski definition) is 1. The van der Waals surface area contributed by atoms with Crippen molar-refractivity contribution in [3.8, 4) is 5.69 Å². The third-order valence-electron chi connectivity index (χ3n) is 4.23. The van der Waals surface area contributed by atoms with Crippen LogP contribution in [0.4, 0.5) is 11.5 Å². The monoisotopic (exact) mass is 414 g/mol. The first-order valence-corrected chi connectivity index (χ1v) is 10.3. The summed E-state index contributed by atoms with van der Waals surface area (Å²) in [5, 5.41) is 17.9. The molecule has 2 aromatic carbocycles. The topological polar surface area (TPSA) is 124 Å². The van der Waals surface area contributed by atoms with Crippen molar-refractivity contribution in [1.82, 2.24) is 9.78 Å². The first-order valence-electron chi connectivity index (χ1n) is 8.67. The van der Waals surface area contributed by atoms with Gasteiger partial charge in [-0.15, -0.1) is 0 Å². The van der Waals surface area contributed by atoms with Gasteiger partial charge in [-0.1, -0.05) is 6.92 Å². The summed E-state index contributed by atoms with van der Waals surface area (Å²) in [5.41, 5.74) is 1.42. The zero-order chi connectivity index (χ0) is 21.2. The zero-order valence-electron chi connectivity index (χ0n) is 15.7. The predicted molar refractivity (Wildman–Crippen MR) is 107 cm³/mol. The molecular weight excluding hydrogens is 396 g/mol. The second-order valence-corrected chi connectivity index (χ2v) is 8.52. The van der Waals surface area contributed by atoms with Gasteiger partial charge in [0.05, 0.1) is 27.0 Å².